The summed E-state index contributed by atoms with van der Waals surface area (Å²) in [5.74, 6) is 1.96. The first-order valence-electron chi connectivity index (χ1n) is 21.1. The minimum absolute atomic E-state index is 0.652. The van der Waals surface area contributed by atoms with Crippen LogP contribution in [0, 0.1) is 0 Å². The van der Waals surface area contributed by atoms with E-state index in [2.05, 4.69) is 174 Å². The summed E-state index contributed by atoms with van der Waals surface area (Å²) in [5, 5.41) is 7.59. The minimum Gasteiger partial charge on any atom is -0.309 e. The Balaban J connectivity index is 1.01. The standard InChI is InChI=1S/C57H34N4S2/c1-4-14-37(15-5-1)55-58-56(38-16-6-2-7-17-38)60-57(59-55)47-33-40(32-46-52-51(63-53(46)47)31-30-45-44-21-11-13-23-50(44)62-54(45)52)36-26-24-35(25-27-36)39-28-29-43-42-20-10-12-22-48(42)61(49(43)34-39)41-18-8-3-9-19-41/h1-34H. The second-order valence-electron chi connectivity index (χ2n) is 16.0. The van der Waals surface area contributed by atoms with Gasteiger partial charge in [0.15, 0.2) is 17.5 Å². The fraction of sp³-hybridized carbons (Fsp3) is 0. The van der Waals surface area contributed by atoms with Gasteiger partial charge in [-0.3, -0.25) is 0 Å². The Morgan fingerprint density at radius 1 is 0.317 bits per heavy atom. The van der Waals surface area contributed by atoms with Gasteiger partial charge in [0.05, 0.1) is 11.0 Å². The van der Waals surface area contributed by atoms with Crippen molar-refractivity contribution in [3.05, 3.63) is 206 Å². The average molecular weight is 839 g/mol. The molecule has 0 radical (unpaired) electrons. The fourth-order valence-corrected chi connectivity index (χ4v) is 11.8. The molecule has 9 aromatic carbocycles. The van der Waals surface area contributed by atoms with Gasteiger partial charge in [0.25, 0.3) is 0 Å². The molecular weight excluding hydrogens is 805 g/mol. The number of hydrogen-bond acceptors (Lipinski definition) is 5. The van der Waals surface area contributed by atoms with Crippen molar-refractivity contribution < 1.29 is 0 Å². The first kappa shape index (κ1) is 35.9. The molecule has 4 aromatic heterocycles. The normalized spacial score (nSPS) is 11.8. The molecule has 0 aliphatic rings. The van der Waals surface area contributed by atoms with Crippen molar-refractivity contribution in [2.24, 2.45) is 0 Å². The molecule has 0 atom stereocenters. The first-order valence-corrected chi connectivity index (χ1v) is 22.7. The molecule has 0 amide bonds. The number of hydrogen-bond donors (Lipinski definition) is 0. The van der Waals surface area contributed by atoms with Gasteiger partial charge in [-0.2, -0.15) is 0 Å². The topological polar surface area (TPSA) is 43.6 Å². The number of nitrogens with zero attached hydrogens (tertiary/aromatic N) is 4. The van der Waals surface area contributed by atoms with Crippen LogP contribution in [0.15, 0.2) is 206 Å². The van der Waals surface area contributed by atoms with Crippen molar-refractivity contribution >= 4 is 84.8 Å². The van der Waals surface area contributed by atoms with E-state index < -0.39 is 0 Å². The Kier molecular flexibility index (Phi) is 8.22. The van der Waals surface area contributed by atoms with Crippen LogP contribution in [0.5, 0.6) is 0 Å². The summed E-state index contributed by atoms with van der Waals surface area (Å²) < 4.78 is 7.41. The molecule has 0 aliphatic heterocycles. The molecule has 0 saturated heterocycles. The van der Waals surface area contributed by atoms with Gasteiger partial charge in [-0.25, -0.2) is 15.0 Å². The van der Waals surface area contributed by atoms with Crippen molar-refractivity contribution in [2.75, 3.05) is 0 Å². The third kappa shape index (κ3) is 5.91. The van der Waals surface area contributed by atoms with Gasteiger partial charge in [-0.15, -0.1) is 22.7 Å². The monoisotopic (exact) mass is 838 g/mol. The van der Waals surface area contributed by atoms with Crippen LogP contribution in [0.1, 0.15) is 0 Å². The van der Waals surface area contributed by atoms with Gasteiger partial charge in [-0.1, -0.05) is 158 Å². The van der Waals surface area contributed by atoms with Gasteiger partial charge < -0.3 is 4.57 Å². The van der Waals surface area contributed by atoms with Gasteiger partial charge in [0.2, 0.25) is 0 Å². The number of fused-ring (bicyclic) bond motifs is 10. The molecule has 13 aromatic rings. The maximum absolute atomic E-state index is 5.26. The van der Waals surface area contributed by atoms with E-state index in [0.29, 0.717) is 17.5 Å². The second kappa shape index (κ2) is 14.4. The Hall–Kier alpha value is -7.77. The highest BCUT2D eigenvalue weighted by atomic mass is 32.1. The second-order valence-corrected chi connectivity index (χ2v) is 18.1. The van der Waals surface area contributed by atoms with E-state index in [4.69, 9.17) is 15.0 Å². The Morgan fingerprint density at radius 3 is 1.60 bits per heavy atom. The quantitative estimate of drug-likeness (QED) is 0.168. The molecule has 0 unspecified atom stereocenters. The maximum atomic E-state index is 5.26. The third-order valence-electron chi connectivity index (χ3n) is 12.3. The number of aromatic nitrogens is 4. The zero-order valence-corrected chi connectivity index (χ0v) is 35.4. The van der Waals surface area contributed by atoms with Crippen LogP contribution in [0.25, 0.3) is 124 Å². The lowest BCUT2D eigenvalue weighted by atomic mass is 9.96. The lowest BCUT2D eigenvalue weighted by Crippen LogP contribution is -2.00. The summed E-state index contributed by atoms with van der Waals surface area (Å²) in [6.45, 7) is 0. The molecule has 0 saturated carbocycles. The minimum atomic E-state index is 0.652. The molecule has 0 fully saturated rings. The van der Waals surface area contributed by atoms with E-state index in [1.807, 2.05) is 59.1 Å². The zero-order valence-electron chi connectivity index (χ0n) is 33.7. The SMILES string of the molecule is c1ccc(-c2nc(-c3ccccc3)nc(-c3cc(-c4ccc(-c5ccc6c7ccccc7n(-c7ccccc7)c6c5)cc4)cc4c3sc3ccc5c6ccccc6sc5c34)n2)cc1. The fourth-order valence-electron chi connectivity index (χ4n) is 9.27. The summed E-state index contributed by atoms with van der Waals surface area (Å²) in [4.78, 5) is 15.6. The maximum Gasteiger partial charge on any atom is 0.165 e. The molecule has 294 valence electrons. The third-order valence-corrected chi connectivity index (χ3v) is 14.7. The summed E-state index contributed by atoms with van der Waals surface area (Å²) in [7, 11) is 0. The zero-order chi connectivity index (χ0) is 41.4. The molecule has 4 heterocycles. The molecule has 0 spiro atoms. The van der Waals surface area contributed by atoms with Crippen molar-refractivity contribution in [2.45, 2.75) is 0 Å². The summed E-state index contributed by atoms with van der Waals surface area (Å²) in [6, 6.07) is 73.7. The van der Waals surface area contributed by atoms with Crippen molar-refractivity contribution in [3.8, 4) is 62.1 Å². The Bertz CT molecular complexity index is 3830. The first-order chi connectivity index (χ1) is 31.2. The van der Waals surface area contributed by atoms with Crippen molar-refractivity contribution in [1.29, 1.82) is 0 Å². The summed E-state index contributed by atoms with van der Waals surface area (Å²) in [6.07, 6.45) is 0. The van der Waals surface area contributed by atoms with Crippen LogP contribution in [0.4, 0.5) is 0 Å². The van der Waals surface area contributed by atoms with Crippen molar-refractivity contribution in [3.63, 3.8) is 0 Å². The number of thiophene rings is 2. The lowest BCUT2D eigenvalue weighted by molar-refractivity contribution is 1.08. The molecule has 6 heteroatoms. The van der Waals surface area contributed by atoms with Crippen LogP contribution in [0.3, 0.4) is 0 Å². The highest BCUT2D eigenvalue weighted by Crippen LogP contribution is 2.48. The smallest absolute Gasteiger partial charge is 0.165 e. The number of benzene rings is 9. The van der Waals surface area contributed by atoms with Gasteiger partial charge in [0.1, 0.15) is 0 Å². The molecule has 0 bridgehead atoms. The predicted molar refractivity (Wildman–Crippen MR) is 267 cm³/mol. The Morgan fingerprint density at radius 2 is 0.873 bits per heavy atom. The number of para-hydroxylation sites is 2. The highest BCUT2D eigenvalue weighted by molar-refractivity contribution is 7.30. The highest BCUT2D eigenvalue weighted by Gasteiger charge is 2.21. The van der Waals surface area contributed by atoms with Crippen LogP contribution in [0.2, 0.25) is 0 Å². The Labute approximate surface area is 370 Å². The predicted octanol–water partition coefficient (Wildman–Crippen LogP) is 16.0. The molecule has 63 heavy (non-hydrogen) atoms. The van der Waals surface area contributed by atoms with Crippen LogP contribution in [-0.2, 0) is 0 Å². The average Bonchev–Trinajstić information content (AvgIpc) is 4.04. The summed E-state index contributed by atoms with van der Waals surface area (Å²) >= 11 is 3.70. The van der Waals surface area contributed by atoms with E-state index in [1.165, 1.54) is 67.7 Å². The van der Waals surface area contributed by atoms with Gasteiger partial charge in [0, 0.05) is 73.5 Å². The molecular formula is C57H34N4S2. The van der Waals surface area contributed by atoms with E-state index in [9.17, 15) is 0 Å². The van der Waals surface area contributed by atoms with E-state index in [0.717, 1.165) is 39.1 Å². The lowest BCUT2D eigenvalue weighted by Gasteiger charge is -2.12. The molecule has 4 nitrogen and oxygen atoms in total. The van der Waals surface area contributed by atoms with E-state index >= 15 is 0 Å². The van der Waals surface area contributed by atoms with Gasteiger partial charge in [-0.05, 0) is 70.8 Å². The molecule has 13 rings (SSSR count). The van der Waals surface area contributed by atoms with Gasteiger partial charge >= 0.3 is 0 Å². The van der Waals surface area contributed by atoms with E-state index in [-0.39, 0.29) is 0 Å². The largest absolute Gasteiger partial charge is 0.309 e. The van der Waals surface area contributed by atoms with Crippen LogP contribution in [-0.4, -0.2) is 19.5 Å². The molecule has 0 aliphatic carbocycles. The molecule has 0 N–H and O–H groups in total. The number of rotatable bonds is 6. The summed E-state index contributed by atoms with van der Waals surface area (Å²) in [5.41, 5.74) is 11.0. The van der Waals surface area contributed by atoms with E-state index in [1.54, 1.807) is 0 Å². The van der Waals surface area contributed by atoms with Crippen LogP contribution >= 0.6 is 22.7 Å². The van der Waals surface area contributed by atoms with Crippen LogP contribution < -0.4 is 0 Å². The van der Waals surface area contributed by atoms with Crippen molar-refractivity contribution in [1.82, 2.24) is 19.5 Å².